The number of amides is 2. The van der Waals surface area contributed by atoms with Crippen molar-refractivity contribution < 1.29 is 14.7 Å². The summed E-state index contributed by atoms with van der Waals surface area (Å²) in [7, 11) is 0. The average Bonchev–Trinajstić information content (AvgIpc) is 2.90. The smallest absolute Gasteiger partial charge is 0.251 e. The lowest BCUT2D eigenvalue weighted by atomic mass is 9.97. The summed E-state index contributed by atoms with van der Waals surface area (Å²) in [5, 5.41) is 9.29. The van der Waals surface area contributed by atoms with Gasteiger partial charge in [-0.15, -0.1) is 0 Å². The topological polar surface area (TPSA) is 60.9 Å². The van der Waals surface area contributed by atoms with E-state index < -0.39 is 0 Å². The summed E-state index contributed by atoms with van der Waals surface area (Å²) in [6.07, 6.45) is 5.01. The van der Waals surface area contributed by atoms with Gasteiger partial charge in [0.2, 0.25) is 5.91 Å². The lowest BCUT2D eigenvalue weighted by Crippen LogP contribution is -2.50. The van der Waals surface area contributed by atoms with Crippen LogP contribution < -0.4 is 4.90 Å². The SMILES string of the molecule is CCc1ccc(N2C(=O)C[C@@H](N3CCCC[C@H]3CCO)C2=O)cc1. The zero-order valence-electron chi connectivity index (χ0n) is 14.3. The number of hydrogen-bond donors (Lipinski definition) is 1. The standard InChI is InChI=1S/C19H26N2O3/c1-2-14-6-8-16(9-7-14)21-18(23)13-17(19(21)24)20-11-4-3-5-15(20)10-12-22/h6-9,15,17,22H,2-5,10-13H2,1H3/t15-,17+/m0/s1. The number of rotatable bonds is 5. The lowest BCUT2D eigenvalue weighted by molar-refractivity contribution is -0.123. The number of hydrogen-bond acceptors (Lipinski definition) is 4. The van der Waals surface area contributed by atoms with Gasteiger partial charge < -0.3 is 5.11 Å². The molecule has 24 heavy (non-hydrogen) atoms. The lowest BCUT2D eigenvalue weighted by Gasteiger charge is -2.38. The van der Waals surface area contributed by atoms with Crippen molar-refractivity contribution in [1.82, 2.24) is 4.90 Å². The number of aliphatic hydroxyl groups is 1. The summed E-state index contributed by atoms with van der Waals surface area (Å²) < 4.78 is 0. The molecule has 2 saturated heterocycles. The van der Waals surface area contributed by atoms with Crippen molar-refractivity contribution in [2.45, 2.75) is 57.5 Å². The first kappa shape index (κ1) is 17.1. The molecule has 1 aromatic carbocycles. The molecule has 5 nitrogen and oxygen atoms in total. The molecule has 2 amide bonds. The zero-order valence-corrected chi connectivity index (χ0v) is 14.3. The van der Waals surface area contributed by atoms with Crippen LogP contribution in [0.3, 0.4) is 0 Å². The highest BCUT2D eigenvalue weighted by atomic mass is 16.3. The van der Waals surface area contributed by atoms with E-state index in [1.165, 1.54) is 10.5 Å². The number of aryl methyl sites for hydroxylation is 1. The summed E-state index contributed by atoms with van der Waals surface area (Å²) in [5.41, 5.74) is 1.86. The molecule has 0 radical (unpaired) electrons. The predicted molar refractivity (Wildman–Crippen MR) is 92.8 cm³/mol. The van der Waals surface area contributed by atoms with Crippen molar-refractivity contribution in [1.29, 1.82) is 0 Å². The molecular weight excluding hydrogens is 304 g/mol. The Bertz CT molecular complexity index is 597. The van der Waals surface area contributed by atoms with Crippen LogP contribution in [0.2, 0.25) is 0 Å². The number of nitrogens with zero attached hydrogens (tertiary/aromatic N) is 2. The van der Waals surface area contributed by atoms with Gasteiger partial charge in [0.15, 0.2) is 0 Å². The van der Waals surface area contributed by atoms with Gasteiger partial charge >= 0.3 is 0 Å². The second-order valence-electron chi connectivity index (χ2n) is 6.71. The van der Waals surface area contributed by atoms with Crippen LogP contribution in [0.15, 0.2) is 24.3 Å². The fourth-order valence-electron chi connectivity index (χ4n) is 3.92. The van der Waals surface area contributed by atoms with Gasteiger partial charge in [-0.2, -0.15) is 0 Å². The highest BCUT2D eigenvalue weighted by Gasteiger charge is 2.44. The Kier molecular flexibility index (Phi) is 5.31. The van der Waals surface area contributed by atoms with E-state index in [2.05, 4.69) is 11.8 Å². The first-order chi connectivity index (χ1) is 11.7. The molecule has 0 bridgehead atoms. The molecule has 2 atom stereocenters. The molecule has 2 aliphatic heterocycles. The van der Waals surface area contributed by atoms with Crippen LogP contribution >= 0.6 is 0 Å². The maximum Gasteiger partial charge on any atom is 0.251 e. The third-order valence-corrected chi connectivity index (χ3v) is 5.26. The molecule has 2 aliphatic rings. The highest BCUT2D eigenvalue weighted by Crippen LogP contribution is 2.30. The van der Waals surface area contributed by atoms with Crippen molar-refractivity contribution >= 4 is 17.5 Å². The fraction of sp³-hybridized carbons (Fsp3) is 0.579. The molecule has 0 unspecified atom stereocenters. The van der Waals surface area contributed by atoms with Gasteiger partial charge in [0, 0.05) is 12.6 Å². The number of imide groups is 1. The van der Waals surface area contributed by atoms with Gasteiger partial charge in [-0.1, -0.05) is 25.5 Å². The molecule has 3 rings (SSSR count). The number of carbonyl (C=O) groups is 2. The van der Waals surface area contributed by atoms with Gasteiger partial charge in [0.1, 0.15) is 0 Å². The Balaban J connectivity index is 1.79. The van der Waals surface area contributed by atoms with E-state index in [0.29, 0.717) is 12.1 Å². The molecule has 0 spiro atoms. The number of aliphatic hydroxyl groups excluding tert-OH is 1. The monoisotopic (exact) mass is 330 g/mol. The third-order valence-electron chi connectivity index (χ3n) is 5.26. The second kappa shape index (κ2) is 7.45. The number of piperidine rings is 1. The molecule has 1 aromatic rings. The highest BCUT2D eigenvalue weighted by molar-refractivity contribution is 6.22. The van der Waals surface area contributed by atoms with Gasteiger partial charge in [-0.3, -0.25) is 14.5 Å². The van der Waals surface area contributed by atoms with E-state index in [9.17, 15) is 14.7 Å². The van der Waals surface area contributed by atoms with Crippen LogP contribution in [0.5, 0.6) is 0 Å². The quantitative estimate of drug-likeness (QED) is 0.840. The van der Waals surface area contributed by atoms with Gasteiger partial charge in [-0.05, 0) is 49.9 Å². The second-order valence-corrected chi connectivity index (χ2v) is 6.71. The maximum atomic E-state index is 12.9. The van der Waals surface area contributed by atoms with E-state index in [-0.39, 0.29) is 36.9 Å². The van der Waals surface area contributed by atoms with E-state index in [0.717, 1.165) is 32.2 Å². The van der Waals surface area contributed by atoms with Crippen molar-refractivity contribution in [2.24, 2.45) is 0 Å². The Morgan fingerprint density at radius 3 is 2.58 bits per heavy atom. The zero-order chi connectivity index (χ0) is 17.1. The van der Waals surface area contributed by atoms with Crippen molar-refractivity contribution in [3.63, 3.8) is 0 Å². The minimum absolute atomic E-state index is 0.117. The van der Waals surface area contributed by atoms with Gasteiger partial charge in [0.05, 0.1) is 18.2 Å². The summed E-state index contributed by atoms with van der Waals surface area (Å²) in [6.45, 7) is 3.03. The normalized spacial score (nSPS) is 25.5. The average molecular weight is 330 g/mol. The van der Waals surface area contributed by atoms with Crippen LogP contribution in [0, 0.1) is 0 Å². The molecule has 130 valence electrons. The summed E-state index contributed by atoms with van der Waals surface area (Å²) in [5.74, 6) is -0.239. The van der Waals surface area contributed by atoms with E-state index >= 15 is 0 Å². The molecule has 0 aliphatic carbocycles. The van der Waals surface area contributed by atoms with Crippen LogP contribution in [0.25, 0.3) is 0 Å². The van der Waals surface area contributed by atoms with Crippen LogP contribution in [-0.2, 0) is 16.0 Å². The minimum atomic E-state index is -0.375. The van der Waals surface area contributed by atoms with E-state index in [1.807, 2.05) is 24.3 Å². The molecule has 2 heterocycles. The molecule has 0 aromatic heterocycles. The Hall–Kier alpha value is -1.72. The van der Waals surface area contributed by atoms with E-state index in [4.69, 9.17) is 0 Å². The Morgan fingerprint density at radius 1 is 1.17 bits per heavy atom. The van der Waals surface area contributed by atoms with Crippen molar-refractivity contribution in [3.05, 3.63) is 29.8 Å². The number of carbonyl (C=O) groups excluding carboxylic acids is 2. The third kappa shape index (κ3) is 3.23. The first-order valence-corrected chi connectivity index (χ1v) is 8.98. The van der Waals surface area contributed by atoms with Crippen molar-refractivity contribution in [2.75, 3.05) is 18.1 Å². The van der Waals surface area contributed by atoms with E-state index in [1.54, 1.807) is 0 Å². The molecule has 2 fully saturated rings. The fourth-order valence-corrected chi connectivity index (χ4v) is 3.92. The number of likely N-dealkylation sites (tertiary alicyclic amines) is 1. The molecule has 1 N–H and O–H groups in total. The van der Waals surface area contributed by atoms with Crippen LogP contribution in [-0.4, -0.2) is 47.1 Å². The number of benzene rings is 1. The first-order valence-electron chi connectivity index (χ1n) is 8.98. The summed E-state index contributed by atoms with van der Waals surface area (Å²) in [6, 6.07) is 7.49. The van der Waals surface area contributed by atoms with Crippen LogP contribution in [0.4, 0.5) is 5.69 Å². The predicted octanol–water partition coefficient (Wildman–Crippen LogP) is 2.12. The Labute approximate surface area is 143 Å². The largest absolute Gasteiger partial charge is 0.396 e. The van der Waals surface area contributed by atoms with Gasteiger partial charge in [0.25, 0.3) is 5.91 Å². The maximum absolute atomic E-state index is 12.9. The Morgan fingerprint density at radius 2 is 1.92 bits per heavy atom. The van der Waals surface area contributed by atoms with Crippen LogP contribution in [0.1, 0.15) is 44.6 Å². The minimum Gasteiger partial charge on any atom is -0.396 e. The number of anilines is 1. The summed E-state index contributed by atoms with van der Waals surface area (Å²) >= 11 is 0. The molecule has 5 heteroatoms. The molecule has 0 saturated carbocycles. The van der Waals surface area contributed by atoms with Gasteiger partial charge in [-0.25, -0.2) is 4.90 Å². The molecular formula is C19H26N2O3. The van der Waals surface area contributed by atoms with Crippen molar-refractivity contribution in [3.8, 4) is 0 Å². The summed E-state index contributed by atoms with van der Waals surface area (Å²) in [4.78, 5) is 28.9.